The zero-order chi connectivity index (χ0) is 14.4. The van der Waals surface area contributed by atoms with Crippen LogP contribution in [0.15, 0.2) is 24.3 Å². The molecule has 1 fully saturated rings. The topological polar surface area (TPSA) is 49.8 Å². The van der Waals surface area contributed by atoms with Crippen molar-refractivity contribution < 1.29 is 14.6 Å². The first-order chi connectivity index (χ1) is 9.65. The summed E-state index contributed by atoms with van der Waals surface area (Å²) in [7, 11) is 0. The minimum Gasteiger partial charge on any atom is -0.491 e. The number of carbonyl (C=O) groups is 1. The zero-order valence-corrected chi connectivity index (χ0v) is 12.2. The second kappa shape index (κ2) is 7.50. The number of carboxylic acid groups (broad SMARTS) is 1. The Bertz CT molecular complexity index is 444. The smallest absolute Gasteiger partial charge is 0.303 e. The summed E-state index contributed by atoms with van der Waals surface area (Å²) in [5.74, 6) is 0.355. The largest absolute Gasteiger partial charge is 0.491 e. The van der Waals surface area contributed by atoms with Crippen molar-refractivity contribution in [3.05, 3.63) is 29.3 Å². The molecule has 0 amide bonds. The van der Waals surface area contributed by atoms with Crippen LogP contribution < -0.4 is 4.74 Å². The van der Waals surface area contributed by atoms with E-state index in [0.717, 1.165) is 38.2 Å². The van der Waals surface area contributed by atoms with Crippen molar-refractivity contribution in [1.29, 1.82) is 0 Å². The molecule has 4 nitrogen and oxygen atoms in total. The number of rotatable bonds is 6. The molecule has 1 aliphatic heterocycles. The van der Waals surface area contributed by atoms with E-state index in [9.17, 15) is 4.79 Å². The van der Waals surface area contributed by atoms with Crippen molar-refractivity contribution in [2.75, 3.05) is 26.2 Å². The number of likely N-dealkylation sites (tertiary alicyclic amines) is 1. The first kappa shape index (κ1) is 15.1. The zero-order valence-electron chi connectivity index (χ0n) is 11.4. The summed E-state index contributed by atoms with van der Waals surface area (Å²) in [5, 5.41) is 9.41. The van der Waals surface area contributed by atoms with Crippen molar-refractivity contribution in [3.63, 3.8) is 0 Å². The van der Waals surface area contributed by atoms with Gasteiger partial charge in [0.1, 0.15) is 12.4 Å². The lowest BCUT2D eigenvalue weighted by molar-refractivity contribution is -0.138. The van der Waals surface area contributed by atoms with Gasteiger partial charge in [0, 0.05) is 13.0 Å². The highest BCUT2D eigenvalue weighted by Crippen LogP contribution is 2.23. The number of benzene rings is 1. The molecule has 1 heterocycles. The van der Waals surface area contributed by atoms with Crippen LogP contribution in [0.2, 0.25) is 5.02 Å². The molecule has 0 radical (unpaired) electrons. The van der Waals surface area contributed by atoms with E-state index in [2.05, 4.69) is 4.90 Å². The molecule has 110 valence electrons. The van der Waals surface area contributed by atoms with Gasteiger partial charge in [-0.25, -0.2) is 0 Å². The maximum Gasteiger partial charge on any atom is 0.303 e. The van der Waals surface area contributed by atoms with Gasteiger partial charge in [0.25, 0.3) is 0 Å². The summed E-state index contributed by atoms with van der Waals surface area (Å²) in [4.78, 5) is 13.0. The molecule has 1 saturated heterocycles. The van der Waals surface area contributed by atoms with Crippen LogP contribution >= 0.6 is 11.6 Å². The summed E-state index contributed by atoms with van der Waals surface area (Å²) in [6.45, 7) is 3.35. The fourth-order valence-electron chi connectivity index (χ4n) is 2.51. The minimum absolute atomic E-state index is 0.296. The van der Waals surface area contributed by atoms with Gasteiger partial charge in [0.2, 0.25) is 0 Å². The SMILES string of the molecule is O=C(O)CC1CCN(CCOc2ccccc2Cl)CC1. The third kappa shape index (κ3) is 4.69. The molecule has 0 saturated carbocycles. The highest BCUT2D eigenvalue weighted by Gasteiger charge is 2.20. The van der Waals surface area contributed by atoms with E-state index in [-0.39, 0.29) is 0 Å². The number of hydrogen-bond donors (Lipinski definition) is 1. The van der Waals surface area contributed by atoms with E-state index in [0.29, 0.717) is 24.0 Å². The van der Waals surface area contributed by atoms with Crippen LogP contribution in [0, 0.1) is 5.92 Å². The predicted molar refractivity (Wildman–Crippen MR) is 78.4 cm³/mol. The molecule has 0 spiro atoms. The molecule has 0 aliphatic carbocycles. The average molecular weight is 298 g/mol. The molecule has 0 atom stereocenters. The van der Waals surface area contributed by atoms with Crippen LogP contribution in [0.3, 0.4) is 0 Å². The van der Waals surface area contributed by atoms with Crippen molar-refractivity contribution in [2.45, 2.75) is 19.3 Å². The van der Waals surface area contributed by atoms with E-state index in [1.165, 1.54) is 0 Å². The molecular formula is C15H20ClNO3. The molecule has 0 aromatic heterocycles. The summed E-state index contributed by atoms with van der Waals surface area (Å²) in [6, 6.07) is 7.46. The molecule has 1 N–H and O–H groups in total. The van der Waals surface area contributed by atoms with Gasteiger partial charge in [-0.3, -0.25) is 9.69 Å². The Hall–Kier alpha value is -1.26. The van der Waals surface area contributed by atoms with E-state index < -0.39 is 5.97 Å². The standard InChI is InChI=1S/C15H20ClNO3/c16-13-3-1-2-4-14(13)20-10-9-17-7-5-12(6-8-17)11-15(18)19/h1-4,12H,5-11H2,(H,18,19). The number of hydrogen-bond acceptors (Lipinski definition) is 3. The van der Waals surface area contributed by atoms with Gasteiger partial charge < -0.3 is 9.84 Å². The van der Waals surface area contributed by atoms with Gasteiger partial charge >= 0.3 is 5.97 Å². The number of para-hydroxylation sites is 1. The number of halogens is 1. The maximum atomic E-state index is 10.7. The lowest BCUT2D eigenvalue weighted by atomic mass is 9.94. The van der Waals surface area contributed by atoms with Gasteiger partial charge in [-0.2, -0.15) is 0 Å². The number of piperidine rings is 1. The second-order valence-electron chi connectivity index (χ2n) is 5.16. The van der Waals surface area contributed by atoms with Crippen molar-refractivity contribution in [2.24, 2.45) is 5.92 Å². The molecule has 5 heteroatoms. The molecular weight excluding hydrogens is 278 g/mol. The van der Waals surface area contributed by atoms with Gasteiger partial charge in [-0.15, -0.1) is 0 Å². The van der Waals surface area contributed by atoms with Gasteiger partial charge in [0.15, 0.2) is 0 Å². The highest BCUT2D eigenvalue weighted by atomic mass is 35.5. The summed E-state index contributed by atoms with van der Waals surface area (Å²) >= 11 is 6.02. The number of aliphatic carboxylic acids is 1. The third-order valence-corrected chi connectivity index (χ3v) is 3.98. The first-order valence-electron chi connectivity index (χ1n) is 6.96. The molecule has 20 heavy (non-hydrogen) atoms. The Labute approximate surface area is 124 Å². The Morgan fingerprint density at radius 3 is 2.70 bits per heavy atom. The maximum absolute atomic E-state index is 10.7. The fraction of sp³-hybridized carbons (Fsp3) is 0.533. The summed E-state index contributed by atoms with van der Waals surface area (Å²) in [6.07, 6.45) is 2.21. The minimum atomic E-state index is -0.689. The van der Waals surface area contributed by atoms with Gasteiger partial charge in [-0.05, 0) is 44.0 Å². The number of carboxylic acids is 1. The average Bonchev–Trinajstić information content (AvgIpc) is 2.42. The molecule has 1 aromatic rings. The molecule has 1 aliphatic rings. The molecule has 1 aromatic carbocycles. The summed E-state index contributed by atoms with van der Waals surface area (Å²) in [5.41, 5.74) is 0. The van der Waals surface area contributed by atoms with Crippen LogP contribution in [-0.2, 0) is 4.79 Å². The molecule has 0 bridgehead atoms. The monoisotopic (exact) mass is 297 g/mol. The Morgan fingerprint density at radius 2 is 2.05 bits per heavy atom. The van der Waals surface area contributed by atoms with Crippen LogP contribution in [-0.4, -0.2) is 42.2 Å². The summed E-state index contributed by atoms with van der Waals surface area (Å²) < 4.78 is 5.66. The quantitative estimate of drug-likeness (QED) is 0.877. The second-order valence-corrected chi connectivity index (χ2v) is 5.57. The van der Waals surface area contributed by atoms with Crippen LogP contribution in [0.5, 0.6) is 5.75 Å². The highest BCUT2D eigenvalue weighted by molar-refractivity contribution is 6.32. The molecule has 0 unspecified atom stereocenters. The van der Waals surface area contributed by atoms with E-state index in [1.807, 2.05) is 24.3 Å². The van der Waals surface area contributed by atoms with Crippen molar-refractivity contribution in [1.82, 2.24) is 4.90 Å². The Balaban J connectivity index is 1.66. The first-order valence-corrected chi connectivity index (χ1v) is 7.34. The normalized spacial score (nSPS) is 17.1. The molecule has 2 rings (SSSR count). The van der Waals surface area contributed by atoms with E-state index >= 15 is 0 Å². The lowest BCUT2D eigenvalue weighted by Crippen LogP contribution is -2.37. The number of ether oxygens (including phenoxy) is 1. The van der Waals surface area contributed by atoms with E-state index in [4.69, 9.17) is 21.4 Å². The third-order valence-electron chi connectivity index (χ3n) is 3.67. The predicted octanol–water partition coefficient (Wildman–Crippen LogP) is 2.91. The Kier molecular flexibility index (Phi) is 5.68. The lowest BCUT2D eigenvalue weighted by Gasteiger charge is -2.31. The van der Waals surface area contributed by atoms with Crippen LogP contribution in [0.1, 0.15) is 19.3 Å². The van der Waals surface area contributed by atoms with Crippen molar-refractivity contribution >= 4 is 17.6 Å². The fourth-order valence-corrected chi connectivity index (χ4v) is 2.70. The van der Waals surface area contributed by atoms with Crippen LogP contribution in [0.4, 0.5) is 0 Å². The van der Waals surface area contributed by atoms with Crippen molar-refractivity contribution in [3.8, 4) is 5.75 Å². The van der Waals surface area contributed by atoms with E-state index in [1.54, 1.807) is 0 Å². The number of nitrogens with zero attached hydrogens (tertiary/aromatic N) is 1. The van der Waals surface area contributed by atoms with Gasteiger partial charge in [0.05, 0.1) is 5.02 Å². The van der Waals surface area contributed by atoms with Crippen LogP contribution in [0.25, 0.3) is 0 Å². The van der Waals surface area contributed by atoms with Gasteiger partial charge in [-0.1, -0.05) is 23.7 Å². The Morgan fingerprint density at radius 1 is 1.35 bits per heavy atom.